The number of hydrogen-bond donors (Lipinski definition) is 1. The lowest BCUT2D eigenvalue weighted by atomic mass is 10.1. The van der Waals surface area contributed by atoms with E-state index in [0.29, 0.717) is 0 Å². The van der Waals surface area contributed by atoms with Gasteiger partial charge in [0.1, 0.15) is 0 Å². The molecule has 1 N–H and O–H groups in total. The van der Waals surface area contributed by atoms with Crippen molar-refractivity contribution in [3.8, 4) is 5.75 Å². The minimum atomic E-state index is -0.867. The molecule has 0 saturated heterocycles. The van der Waals surface area contributed by atoms with E-state index in [1.807, 2.05) is 20.8 Å². The molecular weight excluding hydrogens is 358 g/mol. The molecule has 1 rings (SSSR count). The Kier molecular flexibility index (Phi) is 7.70. The van der Waals surface area contributed by atoms with E-state index in [0.717, 1.165) is 4.90 Å². The first-order valence-corrected chi connectivity index (χ1v) is 8.06. The first-order chi connectivity index (χ1) is 12.5. The maximum atomic E-state index is 11.9. The van der Waals surface area contributed by atoms with Crippen LogP contribution in [0.2, 0.25) is 0 Å². The standard InChI is InChI=1S/C17H23N3O7/c1-17(2,3)18-14(21)9-19(4)15(22)10-27-16(23)11-26-13-8-6-5-7-12(13)20(24)25/h5-8H,9-11H2,1-4H3,(H,18,21). The van der Waals surface area contributed by atoms with Crippen LogP contribution in [-0.2, 0) is 19.1 Å². The van der Waals surface area contributed by atoms with Crippen LogP contribution >= 0.6 is 0 Å². The van der Waals surface area contributed by atoms with Crippen LogP contribution in [0.25, 0.3) is 0 Å². The number of rotatable bonds is 8. The van der Waals surface area contributed by atoms with Crippen LogP contribution in [0.5, 0.6) is 5.75 Å². The van der Waals surface area contributed by atoms with Gasteiger partial charge >= 0.3 is 11.7 Å². The summed E-state index contributed by atoms with van der Waals surface area (Å²) in [6.45, 7) is 4.09. The maximum absolute atomic E-state index is 11.9. The first-order valence-electron chi connectivity index (χ1n) is 8.06. The summed E-state index contributed by atoms with van der Waals surface area (Å²) < 4.78 is 9.84. The third kappa shape index (κ3) is 8.17. The summed E-state index contributed by atoms with van der Waals surface area (Å²) in [6, 6.07) is 5.57. The average Bonchev–Trinajstić information content (AvgIpc) is 2.56. The van der Waals surface area contributed by atoms with Gasteiger partial charge in [-0.25, -0.2) is 4.79 Å². The van der Waals surface area contributed by atoms with Gasteiger partial charge in [0.2, 0.25) is 5.91 Å². The summed E-state index contributed by atoms with van der Waals surface area (Å²) in [4.78, 5) is 46.7. The van der Waals surface area contributed by atoms with E-state index < -0.39 is 35.6 Å². The van der Waals surface area contributed by atoms with Gasteiger partial charge in [-0.1, -0.05) is 12.1 Å². The van der Waals surface area contributed by atoms with Crippen molar-refractivity contribution < 1.29 is 28.8 Å². The summed E-state index contributed by atoms with van der Waals surface area (Å²) in [7, 11) is 1.40. The van der Waals surface area contributed by atoms with E-state index in [9.17, 15) is 24.5 Å². The zero-order chi connectivity index (χ0) is 20.6. The first kappa shape index (κ1) is 21.9. The third-order valence-corrected chi connectivity index (χ3v) is 3.09. The third-order valence-electron chi connectivity index (χ3n) is 3.09. The lowest BCUT2D eigenvalue weighted by Crippen LogP contribution is -2.47. The number of nitrogens with one attached hydrogen (secondary N) is 1. The maximum Gasteiger partial charge on any atom is 0.344 e. The molecule has 2 amide bonds. The number of carbonyl (C=O) groups is 3. The number of ether oxygens (including phenoxy) is 2. The fraction of sp³-hybridized carbons (Fsp3) is 0.471. The number of esters is 1. The molecular formula is C17H23N3O7. The van der Waals surface area contributed by atoms with Gasteiger partial charge in [-0.05, 0) is 26.8 Å². The van der Waals surface area contributed by atoms with E-state index in [4.69, 9.17) is 9.47 Å². The van der Waals surface area contributed by atoms with Crippen LogP contribution in [0.3, 0.4) is 0 Å². The molecule has 0 aromatic heterocycles. The predicted molar refractivity (Wildman–Crippen MR) is 95.1 cm³/mol. The van der Waals surface area contributed by atoms with E-state index in [1.165, 1.54) is 31.3 Å². The second-order valence-electron chi connectivity index (χ2n) is 6.72. The second-order valence-corrected chi connectivity index (χ2v) is 6.72. The van der Waals surface area contributed by atoms with E-state index in [2.05, 4.69) is 5.32 Å². The number of nitro groups is 1. The van der Waals surface area contributed by atoms with Crippen LogP contribution in [0.15, 0.2) is 24.3 Å². The van der Waals surface area contributed by atoms with Gasteiger partial charge in [0.15, 0.2) is 19.0 Å². The summed E-state index contributed by atoms with van der Waals surface area (Å²) in [6.07, 6.45) is 0. The van der Waals surface area contributed by atoms with Gasteiger partial charge < -0.3 is 19.7 Å². The highest BCUT2D eigenvalue weighted by molar-refractivity contribution is 5.86. The Labute approximate surface area is 156 Å². The van der Waals surface area contributed by atoms with Gasteiger partial charge in [0.25, 0.3) is 5.91 Å². The Bertz CT molecular complexity index is 713. The van der Waals surface area contributed by atoms with Crippen LogP contribution in [-0.4, -0.2) is 60.0 Å². The van der Waals surface area contributed by atoms with Crippen molar-refractivity contribution in [2.24, 2.45) is 0 Å². The topological polar surface area (TPSA) is 128 Å². The van der Waals surface area contributed by atoms with Crippen molar-refractivity contribution in [3.63, 3.8) is 0 Å². The van der Waals surface area contributed by atoms with Gasteiger partial charge in [0, 0.05) is 18.7 Å². The van der Waals surface area contributed by atoms with Crippen LogP contribution < -0.4 is 10.1 Å². The molecule has 0 heterocycles. The molecule has 0 spiro atoms. The molecule has 10 heteroatoms. The number of hydrogen-bond acceptors (Lipinski definition) is 7. The molecule has 1 aromatic rings. The van der Waals surface area contributed by atoms with Crippen LogP contribution in [0.1, 0.15) is 20.8 Å². The fourth-order valence-corrected chi connectivity index (χ4v) is 1.92. The number of carbonyl (C=O) groups excluding carboxylic acids is 3. The molecule has 0 radical (unpaired) electrons. The fourth-order valence-electron chi connectivity index (χ4n) is 1.92. The Balaban J connectivity index is 2.42. The van der Waals surface area contributed by atoms with Crippen molar-refractivity contribution in [1.82, 2.24) is 10.2 Å². The van der Waals surface area contributed by atoms with Gasteiger partial charge in [-0.3, -0.25) is 19.7 Å². The van der Waals surface area contributed by atoms with Crippen molar-refractivity contribution in [1.29, 1.82) is 0 Å². The van der Waals surface area contributed by atoms with E-state index in [-0.39, 0.29) is 23.9 Å². The van der Waals surface area contributed by atoms with Crippen LogP contribution in [0, 0.1) is 10.1 Å². The van der Waals surface area contributed by atoms with Gasteiger partial charge in [0.05, 0.1) is 11.5 Å². The number of para-hydroxylation sites is 2. The minimum absolute atomic E-state index is 0.0817. The lowest BCUT2D eigenvalue weighted by molar-refractivity contribution is -0.385. The molecule has 1 aromatic carbocycles. The lowest BCUT2D eigenvalue weighted by Gasteiger charge is -2.23. The summed E-state index contributed by atoms with van der Waals surface area (Å²) in [5, 5.41) is 13.6. The molecule has 0 aliphatic rings. The normalized spacial score (nSPS) is 10.7. The molecule has 0 atom stereocenters. The Hall–Kier alpha value is -3.17. The molecule has 0 bridgehead atoms. The molecule has 0 aliphatic carbocycles. The SMILES string of the molecule is CN(CC(=O)NC(C)(C)C)C(=O)COC(=O)COc1ccccc1[N+](=O)[O-]. The van der Waals surface area contributed by atoms with Gasteiger partial charge in [-0.2, -0.15) is 0 Å². The zero-order valence-corrected chi connectivity index (χ0v) is 15.7. The Morgan fingerprint density at radius 1 is 1.19 bits per heavy atom. The number of nitrogens with zero attached hydrogens (tertiary/aromatic N) is 2. The Morgan fingerprint density at radius 2 is 1.81 bits per heavy atom. The number of benzene rings is 1. The molecule has 27 heavy (non-hydrogen) atoms. The molecule has 0 aliphatic heterocycles. The highest BCUT2D eigenvalue weighted by atomic mass is 16.6. The van der Waals surface area contributed by atoms with Gasteiger partial charge in [-0.15, -0.1) is 0 Å². The monoisotopic (exact) mass is 381 g/mol. The highest BCUT2D eigenvalue weighted by Gasteiger charge is 2.19. The molecule has 0 unspecified atom stereocenters. The molecule has 0 saturated carbocycles. The molecule has 0 fully saturated rings. The Morgan fingerprint density at radius 3 is 2.41 bits per heavy atom. The quantitative estimate of drug-likeness (QED) is 0.402. The van der Waals surface area contributed by atoms with Crippen molar-refractivity contribution in [3.05, 3.63) is 34.4 Å². The van der Waals surface area contributed by atoms with Crippen molar-refractivity contribution in [2.75, 3.05) is 26.8 Å². The van der Waals surface area contributed by atoms with Crippen LogP contribution in [0.4, 0.5) is 5.69 Å². The van der Waals surface area contributed by atoms with Crippen molar-refractivity contribution >= 4 is 23.5 Å². The second kappa shape index (κ2) is 9.51. The molecule has 148 valence electrons. The number of likely N-dealkylation sites (N-methyl/N-ethyl adjacent to an activating group) is 1. The molecule has 10 nitrogen and oxygen atoms in total. The average molecular weight is 381 g/mol. The summed E-state index contributed by atoms with van der Waals surface area (Å²) in [5.74, 6) is -1.86. The van der Waals surface area contributed by atoms with E-state index in [1.54, 1.807) is 0 Å². The minimum Gasteiger partial charge on any atom is -0.475 e. The largest absolute Gasteiger partial charge is 0.475 e. The summed E-state index contributed by atoms with van der Waals surface area (Å²) >= 11 is 0. The zero-order valence-electron chi connectivity index (χ0n) is 15.7. The number of amides is 2. The smallest absolute Gasteiger partial charge is 0.344 e. The predicted octanol–water partition coefficient (Wildman–Crippen LogP) is 0.890. The summed E-state index contributed by atoms with van der Waals surface area (Å²) in [5.41, 5.74) is -0.712. The number of nitro benzene ring substituents is 1. The highest BCUT2D eigenvalue weighted by Crippen LogP contribution is 2.25. The van der Waals surface area contributed by atoms with Crippen molar-refractivity contribution in [2.45, 2.75) is 26.3 Å². The van der Waals surface area contributed by atoms with E-state index >= 15 is 0 Å².